The summed E-state index contributed by atoms with van der Waals surface area (Å²) in [4.78, 5) is 16.5. The number of amides is 1. The van der Waals surface area contributed by atoms with Gasteiger partial charge in [-0.2, -0.15) is 0 Å². The molecule has 1 saturated heterocycles. The Morgan fingerprint density at radius 3 is 2.71 bits per heavy atom. The number of halogens is 1. The lowest BCUT2D eigenvalue weighted by Gasteiger charge is -2.19. The molecule has 0 bridgehead atoms. The van der Waals surface area contributed by atoms with Gasteiger partial charge in [-0.15, -0.1) is 0 Å². The fraction of sp³-hybridized carbons (Fsp3) is 0.333. The zero-order valence-electron chi connectivity index (χ0n) is 11.4. The number of nitrogens with one attached hydrogen (secondary N) is 2. The standard InChI is InChI=1S/C15H16BrN3O2/c16-11-1-3-12(4-2-11)18-14(20)13-9-21-15(19-13)10-5-7-17-8-6-10/h1-4,9-10,17H,5-8H2,(H,18,20). The van der Waals surface area contributed by atoms with E-state index in [-0.39, 0.29) is 5.91 Å². The maximum atomic E-state index is 12.1. The van der Waals surface area contributed by atoms with Gasteiger partial charge in [0, 0.05) is 16.1 Å². The average Bonchev–Trinajstić information content (AvgIpc) is 3.00. The number of aromatic nitrogens is 1. The molecule has 1 aliphatic rings. The van der Waals surface area contributed by atoms with Gasteiger partial charge in [-0.25, -0.2) is 4.98 Å². The fourth-order valence-electron chi connectivity index (χ4n) is 2.38. The molecular formula is C15H16BrN3O2. The Balaban J connectivity index is 1.67. The maximum absolute atomic E-state index is 12.1. The first-order valence-electron chi connectivity index (χ1n) is 6.95. The molecule has 1 aliphatic heterocycles. The van der Waals surface area contributed by atoms with Crippen LogP contribution >= 0.6 is 15.9 Å². The molecule has 0 atom stereocenters. The van der Waals surface area contributed by atoms with Crippen molar-refractivity contribution in [1.29, 1.82) is 0 Å². The van der Waals surface area contributed by atoms with Crippen LogP contribution in [0.4, 0.5) is 5.69 Å². The minimum absolute atomic E-state index is 0.249. The largest absolute Gasteiger partial charge is 0.448 e. The van der Waals surface area contributed by atoms with Crippen LogP contribution in [-0.2, 0) is 0 Å². The highest BCUT2D eigenvalue weighted by atomic mass is 79.9. The van der Waals surface area contributed by atoms with Crippen LogP contribution in [0.15, 0.2) is 39.4 Å². The van der Waals surface area contributed by atoms with Crippen molar-refractivity contribution in [3.05, 3.63) is 46.6 Å². The Kier molecular flexibility index (Phi) is 4.36. The Morgan fingerprint density at radius 2 is 2.00 bits per heavy atom. The summed E-state index contributed by atoms with van der Waals surface area (Å²) in [5, 5.41) is 6.11. The van der Waals surface area contributed by atoms with Gasteiger partial charge in [-0.1, -0.05) is 15.9 Å². The van der Waals surface area contributed by atoms with Gasteiger partial charge in [-0.3, -0.25) is 4.79 Å². The third-order valence-corrected chi connectivity index (χ3v) is 4.07. The molecule has 0 saturated carbocycles. The molecular weight excluding hydrogens is 334 g/mol. The fourth-order valence-corrected chi connectivity index (χ4v) is 2.64. The number of piperidine rings is 1. The highest BCUT2D eigenvalue weighted by Gasteiger charge is 2.21. The van der Waals surface area contributed by atoms with E-state index in [4.69, 9.17) is 4.42 Å². The smallest absolute Gasteiger partial charge is 0.277 e. The van der Waals surface area contributed by atoms with Gasteiger partial charge in [-0.05, 0) is 50.2 Å². The minimum Gasteiger partial charge on any atom is -0.448 e. The molecule has 0 radical (unpaired) electrons. The zero-order chi connectivity index (χ0) is 14.7. The van der Waals surface area contributed by atoms with Gasteiger partial charge in [0.2, 0.25) is 0 Å². The van der Waals surface area contributed by atoms with Crippen molar-refractivity contribution in [1.82, 2.24) is 10.3 Å². The first-order valence-corrected chi connectivity index (χ1v) is 7.75. The Morgan fingerprint density at radius 1 is 1.29 bits per heavy atom. The molecule has 1 aromatic carbocycles. The Labute approximate surface area is 131 Å². The second-order valence-corrected chi connectivity index (χ2v) is 5.97. The molecule has 3 rings (SSSR count). The van der Waals surface area contributed by atoms with E-state index in [1.54, 1.807) is 0 Å². The number of hydrogen-bond donors (Lipinski definition) is 2. The van der Waals surface area contributed by atoms with Crippen molar-refractivity contribution < 1.29 is 9.21 Å². The molecule has 21 heavy (non-hydrogen) atoms. The van der Waals surface area contributed by atoms with Crippen molar-refractivity contribution in [3.8, 4) is 0 Å². The second kappa shape index (κ2) is 6.41. The molecule has 0 spiro atoms. The number of hydrogen-bond acceptors (Lipinski definition) is 4. The molecule has 6 heteroatoms. The van der Waals surface area contributed by atoms with Gasteiger partial charge >= 0.3 is 0 Å². The van der Waals surface area contributed by atoms with Gasteiger partial charge in [0.25, 0.3) is 5.91 Å². The Bertz CT molecular complexity index is 618. The first kappa shape index (κ1) is 14.3. The van der Waals surface area contributed by atoms with Crippen molar-refractivity contribution in [2.75, 3.05) is 18.4 Å². The van der Waals surface area contributed by atoms with Gasteiger partial charge < -0.3 is 15.1 Å². The number of rotatable bonds is 3. The predicted octanol–water partition coefficient (Wildman–Crippen LogP) is 3.16. The van der Waals surface area contributed by atoms with Crippen LogP contribution in [0.5, 0.6) is 0 Å². The van der Waals surface area contributed by atoms with Crippen LogP contribution in [-0.4, -0.2) is 24.0 Å². The lowest BCUT2D eigenvalue weighted by atomic mass is 9.98. The van der Waals surface area contributed by atoms with Gasteiger partial charge in [0.1, 0.15) is 6.26 Å². The summed E-state index contributed by atoms with van der Waals surface area (Å²) in [5.74, 6) is 0.721. The highest BCUT2D eigenvalue weighted by molar-refractivity contribution is 9.10. The van der Waals surface area contributed by atoms with Gasteiger partial charge in [0.15, 0.2) is 11.6 Å². The van der Waals surface area contributed by atoms with E-state index >= 15 is 0 Å². The number of oxazole rings is 1. The van der Waals surface area contributed by atoms with E-state index in [0.29, 0.717) is 17.5 Å². The van der Waals surface area contributed by atoms with Gasteiger partial charge in [0.05, 0.1) is 0 Å². The summed E-state index contributed by atoms with van der Waals surface area (Å²) in [6.45, 7) is 1.93. The zero-order valence-corrected chi connectivity index (χ0v) is 13.0. The first-order chi connectivity index (χ1) is 10.2. The number of nitrogens with zero attached hydrogens (tertiary/aromatic N) is 1. The average molecular weight is 350 g/mol. The van der Waals surface area contributed by atoms with E-state index < -0.39 is 0 Å². The molecule has 0 unspecified atom stereocenters. The number of carbonyl (C=O) groups is 1. The highest BCUT2D eigenvalue weighted by Crippen LogP contribution is 2.24. The van der Waals surface area contributed by atoms with Crippen LogP contribution in [0.1, 0.15) is 35.1 Å². The lowest BCUT2D eigenvalue weighted by molar-refractivity contribution is 0.102. The number of carbonyl (C=O) groups excluding carboxylic acids is 1. The predicted molar refractivity (Wildman–Crippen MR) is 83.4 cm³/mol. The third-order valence-electron chi connectivity index (χ3n) is 3.55. The summed E-state index contributed by atoms with van der Waals surface area (Å²) < 4.78 is 6.44. The van der Waals surface area contributed by atoms with Crippen LogP contribution < -0.4 is 10.6 Å². The molecule has 2 heterocycles. The maximum Gasteiger partial charge on any atom is 0.277 e. The molecule has 1 aromatic heterocycles. The second-order valence-electron chi connectivity index (χ2n) is 5.06. The SMILES string of the molecule is O=C(Nc1ccc(Br)cc1)c1coc(C2CCNCC2)n1. The monoisotopic (exact) mass is 349 g/mol. The van der Waals surface area contributed by atoms with Crippen LogP contribution in [0.3, 0.4) is 0 Å². The molecule has 2 N–H and O–H groups in total. The topological polar surface area (TPSA) is 67.2 Å². The number of anilines is 1. The van der Waals surface area contributed by atoms with E-state index in [2.05, 4.69) is 31.5 Å². The molecule has 1 fully saturated rings. The Hall–Kier alpha value is -1.66. The quantitative estimate of drug-likeness (QED) is 0.892. The number of benzene rings is 1. The molecule has 110 valence electrons. The summed E-state index contributed by atoms with van der Waals surface area (Å²) >= 11 is 3.36. The van der Waals surface area contributed by atoms with Crippen LogP contribution in [0.25, 0.3) is 0 Å². The van der Waals surface area contributed by atoms with Crippen LogP contribution in [0.2, 0.25) is 0 Å². The van der Waals surface area contributed by atoms with Crippen molar-refractivity contribution in [3.63, 3.8) is 0 Å². The summed E-state index contributed by atoms with van der Waals surface area (Å²) in [6, 6.07) is 7.41. The lowest BCUT2D eigenvalue weighted by Crippen LogP contribution is -2.26. The summed E-state index contributed by atoms with van der Waals surface area (Å²) in [6.07, 6.45) is 3.42. The minimum atomic E-state index is -0.249. The summed E-state index contributed by atoms with van der Waals surface area (Å²) in [5.41, 5.74) is 1.06. The summed E-state index contributed by atoms with van der Waals surface area (Å²) in [7, 11) is 0. The normalized spacial score (nSPS) is 15.9. The van der Waals surface area contributed by atoms with Crippen molar-refractivity contribution >= 4 is 27.5 Å². The van der Waals surface area contributed by atoms with Crippen LogP contribution in [0, 0.1) is 0 Å². The van der Waals surface area contributed by atoms with E-state index in [9.17, 15) is 4.79 Å². The molecule has 1 amide bonds. The van der Waals surface area contributed by atoms with E-state index in [1.165, 1.54) is 6.26 Å². The van der Waals surface area contributed by atoms with Crippen molar-refractivity contribution in [2.45, 2.75) is 18.8 Å². The molecule has 0 aliphatic carbocycles. The third kappa shape index (κ3) is 3.51. The molecule has 5 nitrogen and oxygen atoms in total. The van der Waals surface area contributed by atoms with Crippen molar-refractivity contribution in [2.24, 2.45) is 0 Å². The van der Waals surface area contributed by atoms with E-state index in [1.807, 2.05) is 24.3 Å². The molecule has 2 aromatic rings. The van der Waals surface area contributed by atoms with E-state index in [0.717, 1.165) is 36.1 Å².